The Labute approximate surface area is 114 Å². The molecule has 0 heterocycles. The zero-order valence-corrected chi connectivity index (χ0v) is 11.1. The molecular weight excluding hydrogens is 240 g/mol. The van der Waals surface area contributed by atoms with Gasteiger partial charge in [0.05, 0.1) is 5.56 Å². The first kappa shape index (κ1) is 13.9. The molecule has 0 radical (unpaired) electrons. The zero-order valence-electron chi connectivity index (χ0n) is 11.1. The quantitative estimate of drug-likeness (QED) is 0.775. The van der Waals surface area contributed by atoms with Crippen molar-refractivity contribution in [3.05, 3.63) is 29.8 Å². The van der Waals surface area contributed by atoms with E-state index in [-0.39, 0.29) is 11.7 Å². The van der Waals surface area contributed by atoms with Crippen LogP contribution in [0.5, 0.6) is 5.75 Å². The van der Waals surface area contributed by atoms with Crippen LogP contribution in [-0.2, 0) is 0 Å². The number of amides is 1. The van der Waals surface area contributed by atoms with Crippen LogP contribution in [-0.4, -0.2) is 24.1 Å². The fourth-order valence-corrected chi connectivity index (χ4v) is 2.85. The van der Waals surface area contributed by atoms with Crippen LogP contribution in [0.4, 0.5) is 0 Å². The van der Waals surface area contributed by atoms with Gasteiger partial charge in [0.2, 0.25) is 0 Å². The molecule has 2 unspecified atom stereocenters. The molecule has 1 aromatic carbocycles. The third-order valence-corrected chi connectivity index (χ3v) is 4.04. The normalized spacial score (nSPS) is 23.0. The minimum Gasteiger partial charge on any atom is -0.507 e. The van der Waals surface area contributed by atoms with Crippen LogP contribution in [0.15, 0.2) is 24.3 Å². The predicted octanol–water partition coefficient (Wildman–Crippen LogP) is 1.89. The molecule has 1 amide bonds. The Morgan fingerprint density at radius 1 is 1.26 bits per heavy atom. The van der Waals surface area contributed by atoms with Crippen molar-refractivity contribution in [2.24, 2.45) is 17.6 Å². The highest BCUT2D eigenvalue weighted by Crippen LogP contribution is 2.28. The molecule has 104 valence electrons. The highest BCUT2D eigenvalue weighted by atomic mass is 16.3. The number of rotatable bonds is 4. The summed E-state index contributed by atoms with van der Waals surface area (Å²) in [6, 6.07) is 6.61. The second-order valence-corrected chi connectivity index (χ2v) is 5.27. The van der Waals surface area contributed by atoms with E-state index in [9.17, 15) is 9.90 Å². The molecule has 0 aliphatic heterocycles. The number of hydrogen-bond acceptors (Lipinski definition) is 3. The van der Waals surface area contributed by atoms with Gasteiger partial charge in [-0.15, -0.1) is 0 Å². The maximum absolute atomic E-state index is 12.0. The van der Waals surface area contributed by atoms with Crippen molar-refractivity contribution in [1.82, 2.24) is 5.32 Å². The lowest BCUT2D eigenvalue weighted by atomic mass is 9.79. The van der Waals surface area contributed by atoms with Crippen LogP contribution < -0.4 is 11.1 Å². The fourth-order valence-electron chi connectivity index (χ4n) is 2.85. The number of carbonyl (C=O) groups is 1. The molecule has 0 aromatic heterocycles. The molecular formula is C15H22N2O2. The maximum Gasteiger partial charge on any atom is 0.255 e. The van der Waals surface area contributed by atoms with Gasteiger partial charge in [-0.25, -0.2) is 0 Å². The van der Waals surface area contributed by atoms with E-state index in [0.29, 0.717) is 30.5 Å². The van der Waals surface area contributed by atoms with Crippen LogP contribution in [0.2, 0.25) is 0 Å². The van der Waals surface area contributed by atoms with Crippen molar-refractivity contribution in [3.63, 3.8) is 0 Å². The fraction of sp³-hybridized carbons (Fsp3) is 0.533. The van der Waals surface area contributed by atoms with Gasteiger partial charge in [-0.2, -0.15) is 0 Å². The molecule has 2 rings (SSSR count). The molecule has 0 saturated heterocycles. The van der Waals surface area contributed by atoms with Crippen LogP contribution in [0, 0.1) is 11.8 Å². The number of para-hydroxylation sites is 1. The van der Waals surface area contributed by atoms with E-state index in [0.717, 1.165) is 12.8 Å². The Morgan fingerprint density at radius 2 is 1.95 bits per heavy atom. The molecule has 19 heavy (non-hydrogen) atoms. The molecule has 1 fully saturated rings. The number of aromatic hydroxyl groups is 1. The molecule has 4 nitrogen and oxygen atoms in total. The summed E-state index contributed by atoms with van der Waals surface area (Å²) in [6.07, 6.45) is 4.75. The van der Waals surface area contributed by atoms with Gasteiger partial charge >= 0.3 is 0 Å². The SMILES string of the molecule is NCC1CCCCC1CNC(=O)c1ccccc1O. The van der Waals surface area contributed by atoms with Crippen molar-refractivity contribution in [2.75, 3.05) is 13.1 Å². The number of carbonyl (C=O) groups excluding carboxylic acids is 1. The summed E-state index contributed by atoms with van der Waals surface area (Å²) in [5, 5.41) is 12.6. The Hall–Kier alpha value is -1.55. The topological polar surface area (TPSA) is 75.3 Å². The standard InChI is InChI=1S/C15H22N2O2/c16-9-11-5-1-2-6-12(11)10-17-15(19)13-7-3-4-8-14(13)18/h3-4,7-8,11-12,18H,1-2,5-6,9-10,16H2,(H,17,19). The van der Waals surface area contributed by atoms with Gasteiger partial charge < -0.3 is 16.2 Å². The average molecular weight is 262 g/mol. The smallest absolute Gasteiger partial charge is 0.255 e. The highest BCUT2D eigenvalue weighted by molar-refractivity contribution is 5.96. The van der Waals surface area contributed by atoms with E-state index < -0.39 is 0 Å². The van der Waals surface area contributed by atoms with Crippen LogP contribution >= 0.6 is 0 Å². The second-order valence-electron chi connectivity index (χ2n) is 5.27. The summed E-state index contributed by atoms with van der Waals surface area (Å²) >= 11 is 0. The Morgan fingerprint density at radius 3 is 2.63 bits per heavy atom. The number of hydrogen-bond donors (Lipinski definition) is 3. The number of nitrogens with two attached hydrogens (primary N) is 1. The first-order valence-corrected chi connectivity index (χ1v) is 6.98. The Bertz CT molecular complexity index is 434. The number of nitrogens with one attached hydrogen (secondary N) is 1. The molecule has 1 aromatic rings. The van der Waals surface area contributed by atoms with Gasteiger partial charge in [-0.05, 0) is 43.4 Å². The van der Waals surface area contributed by atoms with Gasteiger partial charge in [-0.3, -0.25) is 4.79 Å². The number of phenolic OH excluding ortho intramolecular Hbond substituents is 1. The average Bonchev–Trinajstić information content (AvgIpc) is 2.45. The van der Waals surface area contributed by atoms with Gasteiger partial charge in [0.25, 0.3) is 5.91 Å². The first-order chi connectivity index (χ1) is 9.22. The van der Waals surface area contributed by atoms with E-state index in [4.69, 9.17) is 5.73 Å². The van der Waals surface area contributed by atoms with E-state index in [2.05, 4.69) is 5.32 Å². The van der Waals surface area contributed by atoms with Crippen molar-refractivity contribution in [2.45, 2.75) is 25.7 Å². The van der Waals surface area contributed by atoms with Gasteiger partial charge in [0.15, 0.2) is 0 Å². The molecule has 0 bridgehead atoms. The van der Waals surface area contributed by atoms with Crippen LogP contribution in [0.25, 0.3) is 0 Å². The monoisotopic (exact) mass is 262 g/mol. The van der Waals surface area contributed by atoms with Gasteiger partial charge in [-0.1, -0.05) is 25.0 Å². The Balaban J connectivity index is 1.91. The lowest BCUT2D eigenvalue weighted by molar-refractivity contribution is 0.0932. The zero-order chi connectivity index (χ0) is 13.7. The predicted molar refractivity (Wildman–Crippen MR) is 74.9 cm³/mol. The molecule has 2 atom stereocenters. The summed E-state index contributed by atoms with van der Waals surface area (Å²) in [4.78, 5) is 12.0. The summed E-state index contributed by atoms with van der Waals surface area (Å²) in [6.45, 7) is 1.34. The molecule has 4 heteroatoms. The summed E-state index contributed by atoms with van der Waals surface area (Å²) in [5.41, 5.74) is 6.12. The lowest BCUT2D eigenvalue weighted by Gasteiger charge is -2.30. The minimum absolute atomic E-state index is 0.0269. The third-order valence-electron chi connectivity index (χ3n) is 4.04. The first-order valence-electron chi connectivity index (χ1n) is 6.98. The summed E-state index contributed by atoms with van der Waals surface area (Å²) in [5.74, 6) is 0.797. The summed E-state index contributed by atoms with van der Waals surface area (Å²) < 4.78 is 0. The minimum atomic E-state index is -0.209. The van der Waals surface area contributed by atoms with E-state index in [1.54, 1.807) is 18.2 Å². The van der Waals surface area contributed by atoms with Crippen molar-refractivity contribution in [3.8, 4) is 5.75 Å². The molecule has 1 aliphatic carbocycles. The van der Waals surface area contributed by atoms with Crippen molar-refractivity contribution < 1.29 is 9.90 Å². The van der Waals surface area contributed by atoms with E-state index in [1.807, 2.05) is 0 Å². The number of benzene rings is 1. The van der Waals surface area contributed by atoms with Crippen LogP contribution in [0.1, 0.15) is 36.0 Å². The highest BCUT2D eigenvalue weighted by Gasteiger charge is 2.24. The van der Waals surface area contributed by atoms with Gasteiger partial charge in [0.1, 0.15) is 5.75 Å². The number of phenols is 1. The van der Waals surface area contributed by atoms with E-state index in [1.165, 1.54) is 18.9 Å². The molecule has 1 aliphatic rings. The van der Waals surface area contributed by atoms with Crippen LogP contribution in [0.3, 0.4) is 0 Å². The summed E-state index contributed by atoms with van der Waals surface area (Å²) in [7, 11) is 0. The van der Waals surface area contributed by atoms with Crippen molar-refractivity contribution >= 4 is 5.91 Å². The second kappa shape index (κ2) is 6.57. The van der Waals surface area contributed by atoms with E-state index >= 15 is 0 Å². The lowest BCUT2D eigenvalue weighted by Crippen LogP contribution is -2.36. The van der Waals surface area contributed by atoms with Gasteiger partial charge in [0, 0.05) is 6.54 Å². The Kier molecular flexibility index (Phi) is 4.80. The maximum atomic E-state index is 12.0. The molecule has 4 N–H and O–H groups in total. The van der Waals surface area contributed by atoms with Crippen molar-refractivity contribution in [1.29, 1.82) is 0 Å². The molecule has 0 spiro atoms. The molecule has 1 saturated carbocycles. The third kappa shape index (κ3) is 3.47. The largest absolute Gasteiger partial charge is 0.507 e.